The van der Waals surface area contributed by atoms with Crippen LogP contribution in [0.5, 0.6) is 5.75 Å². The fourth-order valence-electron chi connectivity index (χ4n) is 4.29. The van der Waals surface area contributed by atoms with E-state index in [1.807, 2.05) is 66.7 Å². The predicted octanol–water partition coefficient (Wildman–Crippen LogP) is 4.68. The van der Waals surface area contributed by atoms with Gasteiger partial charge in [0, 0.05) is 35.1 Å². The quantitative estimate of drug-likeness (QED) is 0.412. The molecule has 0 spiro atoms. The van der Waals surface area contributed by atoms with Crippen molar-refractivity contribution in [2.45, 2.75) is 0 Å². The lowest BCUT2D eigenvalue weighted by molar-refractivity contribution is 0.475. The van der Waals surface area contributed by atoms with Gasteiger partial charge in [0.05, 0.1) is 16.6 Å². The molecule has 7 nitrogen and oxygen atoms in total. The van der Waals surface area contributed by atoms with E-state index in [1.54, 1.807) is 39.8 Å². The first-order valence-electron chi connectivity index (χ1n) is 10.7. The summed E-state index contributed by atoms with van der Waals surface area (Å²) in [7, 11) is 0. The van der Waals surface area contributed by atoms with Crippen LogP contribution >= 0.6 is 0 Å². The molecule has 0 unspecified atom stereocenters. The second-order valence-electron chi connectivity index (χ2n) is 8.00. The number of nitrogens with two attached hydrogens (primary N) is 1. The number of nitrogens with zero attached hydrogens (tertiary/aromatic N) is 4. The van der Waals surface area contributed by atoms with Crippen LogP contribution in [0.2, 0.25) is 0 Å². The minimum absolute atomic E-state index is 0.117. The third-order valence-electron chi connectivity index (χ3n) is 5.91. The van der Waals surface area contributed by atoms with Gasteiger partial charge >= 0.3 is 0 Å². The molecule has 0 saturated heterocycles. The molecule has 0 bridgehead atoms. The van der Waals surface area contributed by atoms with Crippen molar-refractivity contribution in [3.05, 3.63) is 108 Å². The van der Waals surface area contributed by atoms with Gasteiger partial charge in [-0.1, -0.05) is 36.4 Å². The number of benzene rings is 3. The molecule has 164 valence electrons. The van der Waals surface area contributed by atoms with Crippen LogP contribution in [0.4, 0.5) is 5.82 Å². The smallest absolute Gasteiger partial charge is 0.262 e. The van der Waals surface area contributed by atoms with Gasteiger partial charge in [0.2, 0.25) is 0 Å². The summed E-state index contributed by atoms with van der Waals surface area (Å²) in [5.74, 6) is 0.477. The molecular formula is C27H19N5O2. The summed E-state index contributed by atoms with van der Waals surface area (Å²) in [6.45, 7) is 0. The molecule has 6 aromatic rings. The van der Waals surface area contributed by atoms with Gasteiger partial charge in [-0.25, -0.2) is 9.67 Å². The van der Waals surface area contributed by atoms with Crippen LogP contribution in [-0.2, 0) is 0 Å². The number of aromatic hydroxyl groups is 1. The number of phenolic OH excluding ortho intramolecular Hbond substituents is 1. The highest BCUT2D eigenvalue weighted by Gasteiger charge is 2.18. The Kier molecular flexibility index (Phi) is 4.41. The number of pyridine rings is 2. The highest BCUT2D eigenvalue weighted by molar-refractivity contribution is 6.02. The topological polar surface area (TPSA) is 99.0 Å². The molecule has 0 fully saturated rings. The molecule has 0 aliphatic rings. The van der Waals surface area contributed by atoms with Gasteiger partial charge in [-0.15, -0.1) is 0 Å². The zero-order valence-electron chi connectivity index (χ0n) is 18.0. The highest BCUT2D eigenvalue weighted by atomic mass is 16.3. The summed E-state index contributed by atoms with van der Waals surface area (Å²) in [6, 6.07) is 25.8. The van der Waals surface area contributed by atoms with Crippen molar-refractivity contribution in [1.29, 1.82) is 0 Å². The van der Waals surface area contributed by atoms with Gasteiger partial charge < -0.3 is 10.8 Å². The van der Waals surface area contributed by atoms with Gasteiger partial charge in [-0.3, -0.25) is 9.36 Å². The number of aromatic nitrogens is 4. The molecule has 3 aromatic heterocycles. The van der Waals surface area contributed by atoms with E-state index in [0.717, 1.165) is 22.2 Å². The molecule has 0 atom stereocenters. The van der Waals surface area contributed by atoms with E-state index >= 15 is 0 Å². The summed E-state index contributed by atoms with van der Waals surface area (Å²) in [4.78, 5) is 17.6. The minimum atomic E-state index is -0.117. The van der Waals surface area contributed by atoms with Gasteiger partial charge in [0.15, 0.2) is 0 Å². The lowest BCUT2D eigenvalue weighted by Crippen LogP contribution is -2.17. The third kappa shape index (κ3) is 3.10. The van der Waals surface area contributed by atoms with Gasteiger partial charge in [-0.2, -0.15) is 5.10 Å². The number of anilines is 1. The summed E-state index contributed by atoms with van der Waals surface area (Å²) < 4.78 is 3.35. The highest BCUT2D eigenvalue weighted by Crippen LogP contribution is 2.34. The molecule has 3 aromatic carbocycles. The van der Waals surface area contributed by atoms with Crippen LogP contribution in [0.3, 0.4) is 0 Å². The lowest BCUT2D eigenvalue weighted by Gasteiger charge is -2.08. The van der Waals surface area contributed by atoms with Crippen molar-refractivity contribution in [1.82, 2.24) is 19.3 Å². The lowest BCUT2D eigenvalue weighted by atomic mass is 10.0. The number of fused-ring (bicyclic) bond motifs is 2. The van der Waals surface area contributed by atoms with E-state index in [2.05, 4.69) is 4.98 Å². The van der Waals surface area contributed by atoms with Crippen LogP contribution in [0, 0.1) is 0 Å². The molecule has 7 heteroatoms. The molecule has 3 N–H and O–H groups in total. The zero-order chi connectivity index (χ0) is 23.2. The average Bonchev–Trinajstić information content (AvgIpc) is 3.26. The van der Waals surface area contributed by atoms with Gasteiger partial charge in [0.25, 0.3) is 5.56 Å². The van der Waals surface area contributed by atoms with E-state index in [9.17, 15) is 9.90 Å². The maximum absolute atomic E-state index is 13.4. The molecule has 0 radical (unpaired) electrons. The van der Waals surface area contributed by atoms with Gasteiger partial charge in [0.1, 0.15) is 17.3 Å². The summed E-state index contributed by atoms with van der Waals surface area (Å²) in [5.41, 5.74) is 9.76. The molecule has 3 heterocycles. The molecule has 34 heavy (non-hydrogen) atoms. The van der Waals surface area contributed by atoms with Crippen molar-refractivity contribution >= 4 is 27.5 Å². The third-order valence-corrected chi connectivity index (χ3v) is 5.91. The van der Waals surface area contributed by atoms with Crippen molar-refractivity contribution < 1.29 is 5.11 Å². The first-order valence-corrected chi connectivity index (χ1v) is 10.7. The Morgan fingerprint density at radius 1 is 0.853 bits per heavy atom. The van der Waals surface area contributed by atoms with E-state index in [1.165, 1.54) is 0 Å². The maximum atomic E-state index is 13.4. The fourth-order valence-corrected chi connectivity index (χ4v) is 4.29. The number of hydrogen-bond acceptors (Lipinski definition) is 5. The van der Waals surface area contributed by atoms with Crippen molar-refractivity contribution in [3.8, 4) is 28.4 Å². The Morgan fingerprint density at radius 3 is 2.50 bits per heavy atom. The summed E-state index contributed by atoms with van der Waals surface area (Å²) in [6.07, 6.45) is 3.41. The van der Waals surface area contributed by atoms with Crippen LogP contribution in [0.15, 0.2) is 102 Å². The van der Waals surface area contributed by atoms with Crippen LogP contribution in [0.1, 0.15) is 0 Å². The van der Waals surface area contributed by atoms with Crippen molar-refractivity contribution in [2.24, 2.45) is 0 Å². The normalized spacial score (nSPS) is 11.3. The van der Waals surface area contributed by atoms with Crippen LogP contribution in [0.25, 0.3) is 44.3 Å². The maximum Gasteiger partial charge on any atom is 0.262 e. The summed E-state index contributed by atoms with van der Waals surface area (Å²) >= 11 is 0. The first-order chi connectivity index (χ1) is 16.6. The summed E-state index contributed by atoms with van der Waals surface area (Å²) in [5, 5.41) is 16.9. The largest absolute Gasteiger partial charge is 0.508 e. The molecular weight excluding hydrogens is 426 g/mol. The van der Waals surface area contributed by atoms with Crippen LogP contribution < -0.4 is 11.3 Å². The number of phenols is 1. The number of rotatable bonds is 3. The number of nitrogen functional groups attached to an aromatic ring is 1. The Hall–Kier alpha value is -4.91. The van der Waals surface area contributed by atoms with E-state index in [4.69, 9.17) is 10.8 Å². The van der Waals surface area contributed by atoms with Crippen molar-refractivity contribution in [3.63, 3.8) is 0 Å². The standard InChI is InChI=1S/C27H19N5O2/c28-26-24-23(11-13-29-26)32(20-7-4-8-21(33)16-20)30-25(24)18-10-9-17-12-14-31(27(34)22(17)15-18)19-5-2-1-3-6-19/h1-16,33H,(H2,28,29). The Morgan fingerprint density at radius 2 is 1.68 bits per heavy atom. The van der Waals surface area contributed by atoms with Gasteiger partial charge in [-0.05, 0) is 47.9 Å². The van der Waals surface area contributed by atoms with E-state index in [0.29, 0.717) is 28.0 Å². The van der Waals surface area contributed by atoms with Crippen LogP contribution in [-0.4, -0.2) is 24.4 Å². The number of para-hydroxylation sites is 1. The predicted molar refractivity (Wildman–Crippen MR) is 133 cm³/mol. The van der Waals surface area contributed by atoms with E-state index in [-0.39, 0.29) is 11.3 Å². The molecule has 0 aliphatic heterocycles. The van der Waals surface area contributed by atoms with Crippen molar-refractivity contribution in [2.75, 3.05) is 5.73 Å². The Balaban J connectivity index is 1.60. The fraction of sp³-hybridized carbons (Fsp3) is 0. The average molecular weight is 445 g/mol. The molecule has 0 aliphatic carbocycles. The Labute approximate surface area is 194 Å². The number of hydrogen-bond donors (Lipinski definition) is 2. The second-order valence-corrected chi connectivity index (χ2v) is 8.00. The second kappa shape index (κ2) is 7.60. The van der Waals surface area contributed by atoms with E-state index < -0.39 is 0 Å². The SMILES string of the molecule is Nc1nccc2c1c(-c1ccc3ccn(-c4ccccc4)c(=O)c3c1)nn2-c1cccc(O)c1. The molecule has 0 amide bonds. The minimum Gasteiger partial charge on any atom is -0.508 e. The first kappa shape index (κ1) is 19.8. The zero-order valence-corrected chi connectivity index (χ0v) is 18.0. The molecule has 6 rings (SSSR count). The molecule has 0 saturated carbocycles. The monoisotopic (exact) mass is 445 g/mol. The Bertz CT molecular complexity index is 1750.